The van der Waals surface area contributed by atoms with Crippen LogP contribution in [0, 0.1) is 5.92 Å². The topological polar surface area (TPSA) is 77.8 Å². The molecule has 0 saturated carbocycles. The fraction of sp³-hybridized carbons (Fsp3) is 0.308. The minimum atomic E-state index is -1.19. The summed E-state index contributed by atoms with van der Waals surface area (Å²) >= 11 is 0. The van der Waals surface area contributed by atoms with Crippen LogP contribution in [0.15, 0.2) is 47.4 Å². The summed E-state index contributed by atoms with van der Waals surface area (Å²) in [7, 11) is 1.65. The quantitative estimate of drug-likeness (QED) is 0.654. The van der Waals surface area contributed by atoms with Gasteiger partial charge < -0.3 is 19.1 Å². The van der Waals surface area contributed by atoms with Crippen molar-refractivity contribution >= 4 is 5.97 Å². The van der Waals surface area contributed by atoms with Crippen LogP contribution in [-0.2, 0) is 12.8 Å². The van der Waals surface area contributed by atoms with E-state index in [-0.39, 0.29) is 17.5 Å². The minimum absolute atomic E-state index is 0.0558. The van der Waals surface area contributed by atoms with Crippen LogP contribution in [0.5, 0.6) is 11.5 Å². The Morgan fingerprint density at radius 3 is 2.62 bits per heavy atom. The van der Waals surface area contributed by atoms with Crippen molar-refractivity contribution < 1.29 is 19.4 Å². The second kappa shape index (κ2) is 7.55. The third-order valence-corrected chi connectivity index (χ3v) is 6.58. The summed E-state index contributed by atoms with van der Waals surface area (Å²) in [5.74, 6) is 0.715. The lowest BCUT2D eigenvalue weighted by Gasteiger charge is -2.34. The average molecular weight is 431 g/mol. The Balaban J connectivity index is 1.76. The first kappa shape index (κ1) is 20.4. The molecule has 0 spiro atoms. The number of benzene rings is 2. The number of carboxylic acid groups (broad SMARTS) is 1. The normalized spacial score (nSPS) is 16.2. The Bertz CT molecular complexity index is 1290. The highest BCUT2D eigenvalue weighted by atomic mass is 16.5. The molecule has 3 aromatic rings. The maximum atomic E-state index is 12.6. The van der Waals surface area contributed by atoms with Crippen molar-refractivity contribution in [3.8, 4) is 33.9 Å². The number of pyridine rings is 1. The van der Waals surface area contributed by atoms with Gasteiger partial charge in [-0.1, -0.05) is 26.0 Å². The zero-order chi connectivity index (χ0) is 22.6. The predicted octanol–water partition coefficient (Wildman–Crippen LogP) is 4.58. The molecule has 32 heavy (non-hydrogen) atoms. The molecule has 5 rings (SSSR count). The minimum Gasteiger partial charge on any atom is -0.497 e. The number of aromatic nitrogens is 1. The van der Waals surface area contributed by atoms with E-state index in [2.05, 4.69) is 19.9 Å². The molecule has 1 N–H and O–H groups in total. The van der Waals surface area contributed by atoms with Crippen LogP contribution in [0.4, 0.5) is 0 Å². The number of carbonyl (C=O) groups is 1. The number of aromatic carboxylic acids is 1. The van der Waals surface area contributed by atoms with Gasteiger partial charge in [0.15, 0.2) is 5.43 Å². The van der Waals surface area contributed by atoms with Crippen molar-refractivity contribution in [2.75, 3.05) is 13.7 Å². The number of hydrogen-bond donors (Lipinski definition) is 1. The summed E-state index contributed by atoms with van der Waals surface area (Å²) in [6.45, 7) is 4.83. The summed E-state index contributed by atoms with van der Waals surface area (Å²) in [4.78, 5) is 24.3. The second-order valence-electron chi connectivity index (χ2n) is 8.76. The van der Waals surface area contributed by atoms with Crippen molar-refractivity contribution in [3.63, 3.8) is 0 Å². The van der Waals surface area contributed by atoms with Gasteiger partial charge >= 0.3 is 5.97 Å². The van der Waals surface area contributed by atoms with Crippen molar-refractivity contribution in [1.82, 2.24) is 4.57 Å². The van der Waals surface area contributed by atoms with E-state index in [1.54, 1.807) is 7.11 Å². The lowest BCUT2D eigenvalue weighted by molar-refractivity contribution is 0.0694. The molecule has 0 radical (unpaired) electrons. The highest BCUT2D eigenvalue weighted by Gasteiger charge is 2.33. The monoisotopic (exact) mass is 431 g/mol. The average Bonchev–Trinajstić information content (AvgIpc) is 3.27. The number of nitrogens with zero attached hydrogens (tertiary/aromatic N) is 1. The first-order valence-corrected chi connectivity index (χ1v) is 10.8. The largest absolute Gasteiger partial charge is 0.497 e. The maximum Gasteiger partial charge on any atom is 0.341 e. The van der Waals surface area contributed by atoms with Gasteiger partial charge in [-0.3, -0.25) is 4.79 Å². The molecule has 6 heteroatoms. The smallest absolute Gasteiger partial charge is 0.341 e. The molecule has 0 bridgehead atoms. The van der Waals surface area contributed by atoms with E-state index >= 15 is 0 Å². The molecule has 1 unspecified atom stereocenters. The molecule has 2 aliphatic rings. The van der Waals surface area contributed by atoms with Gasteiger partial charge in [0.1, 0.15) is 17.1 Å². The maximum absolute atomic E-state index is 12.6. The molecule has 2 aliphatic heterocycles. The molecule has 0 fully saturated rings. The van der Waals surface area contributed by atoms with Gasteiger partial charge in [0.05, 0.1) is 19.4 Å². The summed E-state index contributed by atoms with van der Waals surface area (Å²) < 4.78 is 13.4. The van der Waals surface area contributed by atoms with Crippen LogP contribution in [0.3, 0.4) is 0 Å². The van der Waals surface area contributed by atoms with Gasteiger partial charge in [-0.05, 0) is 41.7 Å². The number of fused-ring (bicyclic) bond motifs is 5. The summed E-state index contributed by atoms with van der Waals surface area (Å²) in [5.41, 5.74) is 5.49. The molecule has 1 aromatic heterocycles. The Kier molecular flexibility index (Phi) is 4.81. The lowest BCUT2D eigenvalue weighted by Crippen LogP contribution is -2.28. The molecular formula is C26H25NO5. The lowest BCUT2D eigenvalue weighted by atomic mass is 9.82. The fourth-order valence-corrected chi connectivity index (χ4v) is 4.97. The summed E-state index contributed by atoms with van der Waals surface area (Å²) in [6, 6.07) is 11.7. The second-order valence-corrected chi connectivity index (χ2v) is 8.76. The SMILES string of the molecule is COc1ccc(-c2cc3c(c4c2OCC4)-c2cc(=O)c(C(=O)O)cn2C(C(C)C)C3)cc1. The first-order chi connectivity index (χ1) is 15.4. The Hall–Kier alpha value is -3.54. The third-order valence-electron chi connectivity index (χ3n) is 6.58. The highest BCUT2D eigenvalue weighted by Crippen LogP contribution is 2.48. The Morgan fingerprint density at radius 1 is 1.22 bits per heavy atom. The highest BCUT2D eigenvalue weighted by molar-refractivity contribution is 5.89. The summed E-state index contributed by atoms with van der Waals surface area (Å²) in [5, 5.41) is 9.50. The van der Waals surface area contributed by atoms with E-state index in [0.29, 0.717) is 6.61 Å². The number of methoxy groups -OCH3 is 1. The van der Waals surface area contributed by atoms with Crippen molar-refractivity contribution in [2.24, 2.45) is 5.92 Å². The number of hydrogen-bond acceptors (Lipinski definition) is 4. The standard InChI is InChI=1S/C26H25NO5/c1-14(2)21-11-16-10-19(15-4-6-17(31-3)7-5-15)25-18(8-9-32-25)24(16)22-12-23(28)20(26(29)30)13-27(21)22/h4-7,10,12-14,21H,8-9,11H2,1-3H3,(H,29,30). The molecule has 6 nitrogen and oxygen atoms in total. The van der Waals surface area contributed by atoms with E-state index in [4.69, 9.17) is 9.47 Å². The fourth-order valence-electron chi connectivity index (χ4n) is 4.97. The van der Waals surface area contributed by atoms with E-state index in [0.717, 1.165) is 52.3 Å². The van der Waals surface area contributed by atoms with Gasteiger partial charge in [-0.15, -0.1) is 0 Å². The van der Waals surface area contributed by atoms with Gasteiger partial charge in [0.25, 0.3) is 0 Å². The number of rotatable bonds is 4. The van der Waals surface area contributed by atoms with Crippen LogP contribution >= 0.6 is 0 Å². The predicted molar refractivity (Wildman–Crippen MR) is 122 cm³/mol. The van der Waals surface area contributed by atoms with Gasteiger partial charge in [-0.2, -0.15) is 0 Å². The van der Waals surface area contributed by atoms with E-state index in [1.165, 1.54) is 17.8 Å². The Labute approximate surface area is 186 Å². The number of carboxylic acids is 1. The molecule has 0 saturated heterocycles. The van der Waals surface area contributed by atoms with Crippen LogP contribution in [-0.4, -0.2) is 29.4 Å². The first-order valence-electron chi connectivity index (χ1n) is 10.8. The van der Waals surface area contributed by atoms with Crippen LogP contribution in [0.25, 0.3) is 22.4 Å². The van der Waals surface area contributed by atoms with Crippen molar-refractivity contribution in [1.29, 1.82) is 0 Å². The molecule has 0 aliphatic carbocycles. The van der Waals surface area contributed by atoms with E-state index in [1.807, 2.05) is 28.8 Å². The van der Waals surface area contributed by atoms with E-state index < -0.39 is 11.4 Å². The molecule has 0 amide bonds. The van der Waals surface area contributed by atoms with Gasteiger partial charge in [0, 0.05) is 41.4 Å². The van der Waals surface area contributed by atoms with Gasteiger partial charge in [0.2, 0.25) is 0 Å². The van der Waals surface area contributed by atoms with Crippen molar-refractivity contribution in [2.45, 2.75) is 32.7 Å². The molecule has 1 atom stereocenters. The van der Waals surface area contributed by atoms with Crippen molar-refractivity contribution in [3.05, 3.63) is 69.5 Å². The zero-order valence-corrected chi connectivity index (χ0v) is 18.3. The zero-order valence-electron chi connectivity index (χ0n) is 18.3. The number of ether oxygens (including phenoxy) is 2. The molecular weight excluding hydrogens is 406 g/mol. The summed E-state index contributed by atoms with van der Waals surface area (Å²) in [6.07, 6.45) is 3.04. The molecule has 164 valence electrons. The van der Waals surface area contributed by atoms with Gasteiger partial charge in [-0.25, -0.2) is 4.79 Å². The molecule has 3 heterocycles. The molecule has 2 aromatic carbocycles. The third kappa shape index (κ3) is 3.09. The van der Waals surface area contributed by atoms with E-state index in [9.17, 15) is 14.7 Å². The van der Waals surface area contributed by atoms with Crippen LogP contribution in [0.1, 0.15) is 41.4 Å². The van der Waals surface area contributed by atoms with Crippen LogP contribution < -0.4 is 14.9 Å². The van der Waals surface area contributed by atoms with Crippen LogP contribution in [0.2, 0.25) is 0 Å². The Morgan fingerprint density at radius 2 is 1.97 bits per heavy atom.